The molecule has 0 fully saturated rings. The van der Waals surface area contributed by atoms with Crippen LogP contribution in [0.15, 0.2) is 48.5 Å². The maximum absolute atomic E-state index is 6.16. The third-order valence-electron chi connectivity index (χ3n) is 5.64. The molecule has 4 rings (SSSR count). The summed E-state index contributed by atoms with van der Waals surface area (Å²) in [4.78, 5) is 2.50. The Balaban J connectivity index is 1.81. The van der Waals surface area contributed by atoms with E-state index in [0.29, 0.717) is 6.61 Å². The molecule has 1 N–H and O–H groups in total. The summed E-state index contributed by atoms with van der Waals surface area (Å²) in [5.74, 6) is 1.83. The predicted octanol–water partition coefficient (Wildman–Crippen LogP) is 3.78. The zero-order chi connectivity index (χ0) is 21.1. The van der Waals surface area contributed by atoms with Crippen molar-refractivity contribution in [1.82, 2.24) is 20.4 Å². The number of para-hydroxylation sites is 1. The van der Waals surface area contributed by atoms with Gasteiger partial charge >= 0.3 is 5.82 Å². The van der Waals surface area contributed by atoms with Crippen LogP contribution >= 0.6 is 0 Å². The summed E-state index contributed by atoms with van der Waals surface area (Å²) in [6, 6.07) is 17.0. The number of aromatic nitrogens is 4. The van der Waals surface area contributed by atoms with Crippen molar-refractivity contribution in [2.45, 2.75) is 58.7 Å². The molecule has 1 unspecified atom stereocenters. The van der Waals surface area contributed by atoms with Crippen molar-refractivity contribution in [2.75, 3.05) is 13.2 Å². The van der Waals surface area contributed by atoms with E-state index in [9.17, 15) is 0 Å². The van der Waals surface area contributed by atoms with Crippen molar-refractivity contribution in [3.8, 4) is 5.75 Å². The zero-order valence-corrected chi connectivity index (χ0v) is 18.4. The van der Waals surface area contributed by atoms with E-state index in [1.165, 1.54) is 11.1 Å². The highest BCUT2D eigenvalue weighted by atomic mass is 16.5. The molecule has 1 aliphatic rings. The molecule has 0 bridgehead atoms. The van der Waals surface area contributed by atoms with Gasteiger partial charge in [0.1, 0.15) is 22.4 Å². The van der Waals surface area contributed by atoms with Gasteiger partial charge in [-0.05, 0) is 50.8 Å². The first-order chi connectivity index (χ1) is 14.5. The van der Waals surface area contributed by atoms with Crippen molar-refractivity contribution in [2.24, 2.45) is 0 Å². The van der Waals surface area contributed by atoms with Crippen molar-refractivity contribution in [1.29, 1.82) is 0 Å². The Bertz CT molecular complexity index is 991. The number of ether oxygens (including phenoxy) is 1. The predicted molar refractivity (Wildman–Crippen MR) is 116 cm³/mol. The van der Waals surface area contributed by atoms with Gasteiger partial charge < -0.3 is 4.74 Å². The molecular weight excluding hydrogens is 374 g/mol. The highest BCUT2D eigenvalue weighted by Crippen LogP contribution is 2.36. The largest absolute Gasteiger partial charge is 0.493 e. The van der Waals surface area contributed by atoms with E-state index in [-0.39, 0.29) is 11.6 Å². The number of nitrogens with one attached hydrogen (secondary N) is 1. The average Bonchev–Trinajstić information content (AvgIpc) is 3.23. The molecule has 0 saturated carbocycles. The second-order valence-electron chi connectivity index (χ2n) is 8.94. The molecule has 30 heavy (non-hydrogen) atoms. The van der Waals surface area contributed by atoms with Gasteiger partial charge in [-0.2, -0.15) is 4.68 Å². The van der Waals surface area contributed by atoms with Crippen molar-refractivity contribution >= 4 is 0 Å². The van der Waals surface area contributed by atoms with E-state index in [4.69, 9.17) is 4.74 Å². The summed E-state index contributed by atoms with van der Waals surface area (Å²) in [6.07, 6.45) is 2.00. The smallest absolute Gasteiger partial charge is 0.323 e. The van der Waals surface area contributed by atoms with Gasteiger partial charge in [0.05, 0.1) is 6.61 Å². The number of tetrazole rings is 1. The minimum Gasteiger partial charge on any atom is -0.493 e. The van der Waals surface area contributed by atoms with E-state index in [0.717, 1.165) is 43.1 Å². The summed E-state index contributed by atoms with van der Waals surface area (Å²) in [6.45, 7) is 11.2. The molecule has 2 aromatic carbocycles. The molecule has 1 atom stereocenters. The molecule has 3 aromatic rings. The summed E-state index contributed by atoms with van der Waals surface area (Å²) in [5, 5.41) is 11.9. The van der Waals surface area contributed by atoms with Crippen LogP contribution in [0.5, 0.6) is 5.75 Å². The molecule has 1 aromatic heterocycles. The van der Waals surface area contributed by atoms with Crippen LogP contribution < -0.4 is 9.42 Å². The number of hydrogen-bond donors (Lipinski definition) is 1. The van der Waals surface area contributed by atoms with Crippen LogP contribution in [0.25, 0.3) is 0 Å². The first-order valence-corrected chi connectivity index (χ1v) is 10.8. The molecule has 158 valence electrons. The van der Waals surface area contributed by atoms with Crippen molar-refractivity contribution < 1.29 is 9.42 Å². The lowest BCUT2D eigenvalue weighted by atomic mass is 9.95. The summed E-state index contributed by atoms with van der Waals surface area (Å²) in [7, 11) is 0. The van der Waals surface area contributed by atoms with Gasteiger partial charge in [0, 0.05) is 18.7 Å². The van der Waals surface area contributed by atoms with Gasteiger partial charge in [0.2, 0.25) is 0 Å². The van der Waals surface area contributed by atoms with E-state index >= 15 is 0 Å². The van der Waals surface area contributed by atoms with Gasteiger partial charge in [0.25, 0.3) is 0 Å². The Hall–Kier alpha value is -2.73. The van der Waals surface area contributed by atoms with Crippen LogP contribution in [0.4, 0.5) is 0 Å². The van der Waals surface area contributed by atoms with E-state index in [2.05, 4.69) is 95.3 Å². The minimum absolute atomic E-state index is 0.0515. The second-order valence-corrected chi connectivity index (χ2v) is 8.94. The highest BCUT2D eigenvalue weighted by molar-refractivity contribution is 5.39. The first-order valence-electron chi connectivity index (χ1n) is 10.8. The molecule has 0 saturated heterocycles. The van der Waals surface area contributed by atoms with Crippen LogP contribution in [-0.2, 0) is 18.5 Å². The fourth-order valence-electron chi connectivity index (χ4n) is 4.17. The monoisotopic (exact) mass is 406 g/mol. The average molecular weight is 407 g/mol. The lowest BCUT2D eigenvalue weighted by Gasteiger charge is -2.34. The van der Waals surface area contributed by atoms with Gasteiger partial charge in [-0.15, -0.1) is 0 Å². The molecule has 0 radical (unpaired) electrons. The summed E-state index contributed by atoms with van der Waals surface area (Å²) >= 11 is 0. The third-order valence-corrected chi connectivity index (χ3v) is 5.64. The second kappa shape index (κ2) is 8.56. The summed E-state index contributed by atoms with van der Waals surface area (Å²) < 4.78 is 8.23. The molecule has 6 nitrogen and oxygen atoms in total. The molecule has 6 heteroatoms. The zero-order valence-electron chi connectivity index (χ0n) is 18.4. The lowest BCUT2D eigenvalue weighted by molar-refractivity contribution is -0.813. The Morgan fingerprint density at radius 1 is 1.10 bits per heavy atom. The van der Waals surface area contributed by atoms with Crippen LogP contribution in [0.1, 0.15) is 62.7 Å². The van der Waals surface area contributed by atoms with Crippen LogP contribution in [0.3, 0.4) is 0 Å². The molecule has 0 amide bonds. The molecule has 0 aliphatic carbocycles. The van der Waals surface area contributed by atoms with Crippen LogP contribution in [0, 0.1) is 0 Å². The van der Waals surface area contributed by atoms with E-state index in [1.807, 2.05) is 6.07 Å². The number of H-pyrrole nitrogens is 1. The van der Waals surface area contributed by atoms with E-state index < -0.39 is 0 Å². The normalized spacial score (nSPS) is 15.6. The summed E-state index contributed by atoms with van der Waals surface area (Å²) in [5.41, 5.74) is 3.79. The number of hydrogen-bond acceptors (Lipinski definition) is 4. The Kier molecular flexibility index (Phi) is 5.86. The maximum atomic E-state index is 6.16. The minimum atomic E-state index is -0.163. The van der Waals surface area contributed by atoms with Crippen molar-refractivity contribution in [3.05, 3.63) is 71.0 Å². The van der Waals surface area contributed by atoms with Crippen LogP contribution in [-0.4, -0.2) is 33.6 Å². The molecule has 0 spiro atoms. The lowest BCUT2D eigenvalue weighted by Crippen LogP contribution is -2.56. The number of nitrogens with zero attached hydrogens (tertiary/aromatic N) is 4. The van der Waals surface area contributed by atoms with Gasteiger partial charge in [-0.1, -0.05) is 54.6 Å². The molecule has 1 aliphatic heterocycles. The topological polar surface area (TPSA) is 57.9 Å². The number of fused-ring (bicyclic) bond motifs is 1. The number of rotatable bonds is 6. The Morgan fingerprint density at radius 2 is 1.83 bits per heavy atom. The van der Waals surface area contributed by atoms with E-state index in [1.54, 1.807) is 0 Å². The van der Waals surface area contributed by atoms with Gasteiger partial charge in [0.15, 0.2) is 5.21 Å². The quantitative estimate of drug-likeness (QED) is 0.633. The third kappa shape index (κ3) is 4.10. The van der Waals surface area contributed by atoms with Gasteiger partial charge in [-0.3, -0.25) is 4.90 Å². The molecular formula is C24H32N5O+. The molecule has 2 heterocycles. The SMILES string of the molecule is CCCOc1ccccc1C(c1nn[nH][n+]1C(C)(C)C)N1CCc2ccccc2C1. The highest BCUT2D eigenvalue weighted by Gasteiger charge is 2.39. The van der Waals surface area contributed by atoms with Crippen LogP contribution in [0.2, 0.25) is 0 Å². The van der Waals surface area contributed by atoms with Gasteiger partial charge in [-0.25, -0.2) is 0 Å². The number of aromatic amines is 1. The Labute approximate surface area is 178 Å². The first kappa shape index (κ1) is 20.5. The standard InChI is InChI=1S/C24H31N5O/c1-5-16-30-21-13-9-8-12-20(21)22(23-25-26-27-29(23)24(2,3)4)28-15-14-18-10-6-7-11-19(18)17-28/h6-13,22H,5,14-17H2,1-4H3/p+1. The Morgan fingerprint density at radius 3 is 2.60 bits per heavy atom. The fourth-order valence-corrected chi connectivity index (χ4v) is 4.17. The fraction of sp³-hybridized carbons (Fsp3) is 0.458. The maximum Gasteiger partial charge on any atom is 0.323 e. The van der Waals surface area contributed by atoms with Crippen molar-refractivity contribution in [3.63, 3.8) is 0 Å². The number of benzene rings is 2.